The van der Waals surface area contributed by atoms with Gasteiger partial charge in [-0.1, -0.05) is 0 Å². The molecule has 0 radical (unpaired) electrons. The van der Waals surface area contributed by atoms with Crippen LogP contribution in [-0.4, -0.2) is 59.6 Å². The number of amides is 2. The Labute approximate surface area is 147 Å². The van der Waals surface area contributed by atoms with Crippen LogP contribution in [0.15, 0.2) is 18.3 Å². The zero-order chi connectivity index (χ0) is 18.0. The van der Waals surface area contributed by atoms with E-state index in [1.54, 1.807) is 18.3 Å². The minimum absolute atomic E-state index is 0.0160. The van der Waals surface area contributed by atoms with Crippen molar-refractivity contribution < 1.29 is 19.1 Å². The van der Waals surface area contributed by atoms with Crippen molar-refractivity contribution in [2.24, 2.45) is 0 Å². The van der Waals surface area contributed by atoms with Gasteiger partial charge in [-0.25, -0.2) is 4.98 Å². The van der Waals surface area contributed by atoms with Gasteiger partial charge in [0.15, 0.2) is 18.2 Å². The van der Waals surface area contributed by atoms with Crippen molar-refractivity contribution in [1.29, 1.82) is 0 Å². The Bertz CT molecular complexity index is 661. The molecular formula is C18H25N3O4. The molecule has 0 spiro atoms. The van der Waals surface area contributed by atoms with E-state index in [2.05, 4.69) is 4.98 Å². The lowest BCUT2D eigenvalue weighted by Crippen LogP contribution is -2.52. The third-order valence-corrected chi connectivity index (χ3v) is 4.73. The smallest absolute Gasteiger partial charge is 0.266 e. The second kappa shape index (κ2) is 7.00. The lowest BCUT2D eigenvalue weighted by atomic mass is 9.92. The van der Waals surface area contributed by atoms with Crippen LogP contribution in [0, 0.1) is 0 Å². The lowest BCUT2D eigenvalue weighted by molar-refractivity contribution is -0.139. The number of likely N-dealkylation sites (N-methyl/N-ethyl adjacent to an activating group) is 1. The van der Waals surface area contributed by atoms with Crippen molar-refractivity contribution >= 4 is 17.6 Å². The van der Waals surface area contributed by atoms with Crippen LogP contribution in [0.3, 0.4) is 0 Å². The molecule has 136 valence electrons. The number of anilines is 1. The Kier molecular flexibility index (Phi) is 4.94. The van der Waals surface area contributed by atoms with Crippen LogP contribution < -0.4 is 9.64 Å². The molecule has 1 saturated heterocycles. The summed E-state index contributed by atoms with van der Waals surface area (Å²) >= 11 is 0. The van der Waals surface area contributed by atoms with E-state index in [-0.39, 0.29) is 36.6 Å². The minimum Gasteiger partial charge on any atom is -0.480 e. The topological polar surface area (TPSA) is 72.0 Å². The molecule has 7 heteroatoms. The van der Waals surface area contributed by atoms with Gasteiger partial charge in [0.25, 0.3) is 5.91 Å². The molecular weight excluding hydrogens is 322 g/mol. The number of rotatable bonds is 4. The van der Waals surface area contributed by atoms with Gasteiger partial charge in [0, 0.05) is 25.4 Å². The average Bonchev–Trinajstić information content (AvgIpc) is 2.57. The Morgan fingerprint density at radius 3 is 3.00 bits per heavy atom. The number of hydrogen-bond donors (Lipinski definition) is 0. The highest BCUT2D eigenvalue weighted by Gasteiger charge is 2.36. The highest BCUT2D eigenvalue weighted by atomic mass is 16.5. The normalized spacial score (nSPS) is 22.1. The van der Waals surface area contributed by atoms with Crippen molar-refractivity contribution in [3.63, 3.8) is 0 Å². The monoisotopic (exact) mass is 347 g/mol. The third-order valence-electron chi connectivity index (χ3n) is 4.73. The molecule has 1 aromatic heterocycles. The molecule has 1 atom stereocenters. The Morgan fingerprint density at radius 1 is 1.48 bits per heavy atom. The van der Waals surface area contributed by atoms with Crippen LogP contribution in [0.5, 0.6) is 5.75 Å². The van der Waals surface area contributed by atoms with E-state index in [9.17, 15) is 9.59 Å². The molecule has 25 heavy (non-hydrogen) atoms. The summed E-state index contributed by atoms with van der Waals surface area (Å²) in [5.41, 5.74) is -0.237. The average molecular weight is 347 g/mol. The second-order valence-corrected chi connectivity index (χ2v) is 7.03. The number of ether oxygens (including phenoxy) is 2. The fraction of sp³-hybridized carbons (Fsp3) is 0.611. The molecule has 0 bridgehead atoms. The predicted molar refractivity (Wildman–Crippen MR) is 92.5 cm³/mol. The van der Waals surface area contributed by atoms with Gasteiger partial charge in [-0.05, 0) is 45.7 Å². The first-order chi connectivity index (χ1) is 11.9. The van der Waals surface area contributed by atoms with Crippen LogP contribution in [-0.2, 0) is 14.3 Å². The van der Waals surface area contributed by atoms with E-state index in [1.165, 1.54) is 4.90 Å². The maximum Gasteiger partial charge on any atom is 0.266 e. The summed E-state index contributed by atoms with van der Waals surface area (Å²) in [6.45, 7) is 7.22. The molecule has 1 aromatic rings. The van der Waals surface area contributed by atoms with E-state index >= 15 is 0 Å². The van der Waals surface area contributed by atoms with Gasteiger partial charge in [0.1, 0.15) is 6.54 Å². The zero-order valence-corrected chi connectivity index (χ0v) is 15.0. The van der Waals surface area contributed by atoms with Gasteiger partial charge < -0.3 is 14.4 Å². The highest BCUT2D eigenvalue weighted by Crippen LogP contribution is 2.30. The number of carbonyl (C=O) groups excluding carboxylic acids is 2. The molecule has 2 aliphatic heterocycles. The molecule has 2 amide bonds. The number of fused-ring (bicyclic) bond motifs is 1. The fourth-order valence-electron chi connectivity index (χ4n) is 3.53. The summed E-state index contributed by atoms with van der Waals surface area (Å²) in [7, 11) is 0. The summed E-state index contributed by atoms with van der Waals surface area (Å²) in [5.74, 6) is 0.626. The SMILES string of the molecule is CCN(C(=O)CN1C(=O)COc2cccnc21)C1CCOC(C)(C)C1. The molecule has 2 aliphatic rings. The first-order valence-electron chi connectivity index (χ1n) is 8.73. The molecule has 1 unspecified atom stereocenters. The van der Waals surface area contributed by atoms with Gasteiger partial charge in [-0.2, -0.15) is 0 Å². The number of pyridine rings is 1. The minimum atomic E-state index is -0.247. The van der Waals surface area contributed by atoms with Crippen molar-refractivity contribution in [2.45, 2.75) is 45.3 Å². The summed E-state index contributed by atoms with van der Waals surface area (Å²) in [4.78, 5) is 32.7. The predicted octanol–water partition coefficient (Wildman–Crippen LogP) is 1.61. The maximum atomic E-state index is 12.9. The van der Waals surface area contributed by atoms with Gasteiger partial charge in [-0.3, -0.25) is 14.5 Å². The summed E-state index contributed by atoms with van der Waals surface area (Å²) in [6, 6.07) is 3.63. The largest absolute Gasteiger partial charge is 0.480 e. The van der Waals surface area contributed by atoms with E-state index in [0.717, 1.165) is 12.8 Å². The van der Waals surface area contributed by atoms with Crippen LogP contribution in [0.25, 0.3) is 0 Å². The number of carbonyl (C=O) groups is 2. The lowest BCUT2D eigenvalue weighted by Gasteiger charge is -2.41. The van der Waals surface area contributed by atoms with Crippen molar-refractivity contribution in [3.8, 4) is 5.75 Å². The molecule has 3 heterocycles. The first-order valence-corrected chi connectivity index (χ1v) is 8.73. The third kappa shape index (κ3) is 3.76. The number of nitrogens with zero attached hydrogens (tertiary/aromatic N) is 3. The Balaban J connectivity index is 1.75. The molecule has 0 aliphatic carbocycles. The van der Waals surface area contributed by atoms with Gasteiger partial charge >= 0.3 is 0 Å². The van der Waals surface area contributed by atoms with E-state index in [1.807, 2.05) is 25.7 Å². The van der Waals surface area contributed by atoms with Gasteiger partial charge in [0.2, 0.25) is 5.91 Å². The van der Waals surface area contributed by atoms with Crippen LogP contribution in [0.4, 0.5) is 5.82 Å². The first kappa shape index (κ1) is 17.7. The summed E-state index contributed by atoms with van der Waals surface area (Å²) in [5, 5.41) is 0. The fourth-order valence-corrected chi connectivity index (χ4v) is 3.53. The van der Waals surface area contributed by atoms with Gasteiger partial charge in [0.05, 0.1) is 5.60 Å². The molecule has 1 fully saturated rings. The molecule has 0 N–H and O–H groups in total. The number of aromatic nitrogens is 1. The van der Waals surface area contributed by atoms with Crippen molar-refractivity contribution in [3.05, 3.63) is 18.3 Å². The molecule has 0 saturated carbocycles. The van der Waals surface area contributed by atoms with Crippen LogP contribution in [0.2, 0.25) is 0 Å². The van der Waals surface area contributed by atoms with Crippen LogP contribution in [0.1, 0.15) is 33.6 Å². The van der Waals surface area contributed by atoms with Crippen molar-refractivity contribution in [1.82, 2.24) is 9.88 Å². The van der Waals surface area contributed by atoms with Gasteiger partial charge in [-0.15, -0.1) is 0 Å². The van der Waals surface area contributed by atoms with Crippen molar-refractivity contribution in [2.75, 3.05) is 31.2 Å². The van der Waals surface area contributed by atoms with E-state index < -0.39 is 0 Å². The van der Waals surface area contributed by atoms with E-state index in [0.29, 0.717) is 24.7 Å². The van der Waals surface area contributed by atoms with Crippen LogP contribution >= 0.6 is 0 Å². The Morgan fingerprint density at radius 2 is 2.28 bits per heavy atom. The van der Waals surface area contributed by atoms with E-state index in [4.69, 9.17) is 9.47 Å². The standard InChI is InChI=1S/C18H25N3O4/c1-4-20(13-7-9-25-18(2,3)10-13)15(22)11-21-16(23)12-24-14-6-5-8-19-17(14)21/h5-6,8,13H,4,7,9-12H2,1-3H3. The quantitative estimate of drug-likeness (QED) is 0.827. The molecule has 3 rings (SSSR count). The maximum absolute atomic E-state index is 12.9. The second-order valence-electron chi connectivity index (χ2n) is 7.03. The molecule has 0 aromatic carbocycles. The molecule has 7 nitrogen and oxygen atoms in total. The summed E-state index contributed by atoms with van der Waals surface area (Å²) < 4.78 is 11.1. The highest BCUT2D eigenvalue weighted by molar-refractivity contribution is 6.01. The Hall–Kier alpha value is -2.15. The zero-order valence-electron chi connectivity index (χ0n) is 15.0. The summed E-state index contributed by atoms with van der Waals surface area (Å²) in [6.07, 6.45) is 3.20. The number of hydrogen-bond acceptors (Lipinski definition) is 5.